The summed E-state index contributed by atoms with van der Waals surface area (Å²) in [6.07, 6.45) is 0.136. The first-order chi connectivity index (χ1) is 13.5. The molecule has 146 valence electrons. The number of carbonyl (C=O) groups excluding carboxylic acids is 2. The number of aryl methyl sites for hydroxylation is 1. The summed E-state index contributed by atoms with van der Waals surface area (Å²) in [5, 5.41) is 0. The fourth-order valence-corrected chi connectivity index (χ4v) is 3.77. The molecule has 0 N–H and O–H groups in total. The molecule has 0 unspecified atom stereocenters. The summed E-state index contributed by atoms with van der Waals surface area (Å²) in [7, 11) is 1.33. The largest absolute Gasteiger partial charge is 0.494 e. The van der Waals surface area contributed by atoms with Crippen LogP contribution in [0.3, 0.4) is 0 Å². The predicted octanol–water partition coefficient (Wildman–Crippen LogP) is 3.54. The first kappa shape index (κ1) is 19.8. The highest BCUT2D eigenvalue weighted by Crippen LogP contribution is 2.24. The Morgan fingerprint density at radius 1 is 1.21 bits per heavy atom. The van der Waals surface area contributed by atoms with Crippen molar-refractivity contribution in [1.82, 2.24) is 4.57 Å². The molecule has 3 rings (SSSR count). The highest BCUT2D eigenvalue weighted by atomic mass is 32.1. The van der Waals surface area contributed by atoms with Crippen LogP contribution in [0, 0.1) is 5.82 Å². The number of halogens is 1. The monoisotopic (exact) mass is 402 g/mol. The van der Waals surface area contributed by atoms with Gasteiger partial charge in [0.25, 0.3) is 5.91 Å². The molecule has 1 amide bonds. The summed E-state index contributed by atoms with van der Waals surface area (Å²) in [4.78, 5) is 28.7. The van der Waals surface area contributed by atoms with Gasteiger partial charge in [-0.1, -0.05) is 17.4 Å². The van der Waals surface area contributed by atoms with E-state index in [1.807, 2.05) is 25.1 Å². The van der Waals surface area contributed by atoms with E-state index < -0.39 is 11.7 Å². The van der Waals surface area contributed by atoms with Crippen molar-refractivity contribution in [3.8, 4) is 5.75 Å². The topological polar surface area (TPSA) is 69.9 Å². The number of methoxy groups -OCH3 is 1. The third kappa shape index (κ3) is 4.45. The maximum absolute atomic E-state index is 13.4. The van der Waals surface area contributed by atoms with Crippen LogP contribution in [-0.2, 0) is 16.1 Å². The molecule has 0 atom stereocenters. The van der Waals surface area contributed by atoms with Crippen molar-refractivity contribution in [2.75, 3.05) is 13.7 Å². The Balaban J connectivity index is 2.07. The smallest absolute Gasteiger partial charge is 0.307 e. The number of carbonyl (C=O) groups is 2. The second kappa shape index (κ2) is 8.79. The predicted molar refractivity (Wildman–Crippen MR) is 104 cm³/mol. The van der Waals surface area contributed by atoms with Gasteiger partial charge in [-0.3, -0.25) is 9.59 Å². The lowest BCUT2D eigenvalue weighted by Crippen LogP contribution is -2.19. The Labute approximate surface area is 164 Å². The lowest BCUT2D eigenvalue weighted by Gasteiger charge is -2.06. The Bertz CT molecular complexity index is 1090. The van der Waals surface area contributed by atoms with Gasteiger partial charge in [0.1, 0.15) is 11.6 Å². The Hall–Kier alpha value is -3.00. The lowest BCUT2D eigenvalue weighted by molar-refractivity contribution is -0.140. The van der Waals surface area contributed by atoms with E-state index in [1.54, 1.807) is 4.57 Å². The lowest BCUT2D eigenvalue weighted by atomic mass is 10.2. The van der Waals surface area contributed by atoms with E-state index in [9.17, 15) is 14.0 Å². The van der Waals surface area contributed by atoms with Gasteiger partial charge in [-0.25, -0.2) is 4.39 Å². The van der Waals surface area contributed by atoms with Crippen molar-refractivity contribution in [2.24, 2.45) is 4.99 Å². The van der Waals surface area contributed by atoms with Crippen LogP contribution in [0.25, 0.3) is 10.2 Å². The van der Waals surface area contributed by atoms with Crippen LogP contribution in [0.5, 0.6) is 5.75 Å². The van der Waals surface area contributed by atoms with Crippen molar-refractivity contribution >= 4 is 33.4 Å². The van der Waals surface area contributed by atoms with E-state index >= 15 is 0 Å². The van der Waals surface area contributed by atoms with Crippen LogP contribution >= 0.6 is 11.3 Å². The molecule has 8 heteroatoms. The average molecular weight is 402 g/mol. The van der Waals surface area contributed by atoms with Gasteiger partial charge in [-0.05, 0) is 43.3 Å². The van der Waals surface area contributed by atoms with Gasteiger partial charge in [0.05, 0.1) is 30.4 Å². The van der Waals surface area contributed by atoms with Crippen molar-refractivity contribution in [1.29, 1.82) is 0 Å². The number of esters is 1. The van der Waals surface area contributed by atoms with Crippen LogP contribution in [0.2, 0.25) is 0 Å². The molecule has 1 heterocycles. The Morgan fingerprint density at radius 3 is 2.75 bits per heavy atom. The van der Waals surface area contributed by atoms with Crippen LogP contribution in [0.4, 0.5) is 4.39 Å². The quantitative estimate of drug-likeness (QED) is 0.592. The molecular weight excluding hydrogens is 383 g/mol. The molecule has 0 fully saturated rings. The molecule has 3 aromatic rings. The summed E-state index contributed by atoms with van der Waals surface area (Å²) in [5.41, 5.74) is 0.982. The number of thiazole rings is 1. The summed E-state index contributed by atoms with van der Waals surface area (Å²) >= 11 is 1.30. The average Bonchev–Trinajstić information content (AvgIpc) is 3.02. The zero-order chi connectivity index (χ0) is 20.1. The second-order valence-electron chi connectivity index (χ2n) is 5.85. The first-order valence-corrected chi connectivity index (χ1v) is 9.51. The fourth-order valence-electron chi connectivity index (χ4n) is 2.69. The molecule has 28 heavy (non-hydrogen) atoms. The van der Waals surface area contributed by atoms with E-state index in [0.717, 1.165) is 16.3 Å². The summed E-state index contributed by atoms with van der Waals surface area (Å²) < 4.78 is 26.3. The number of benzene rings is 2. The number of nitrogens with zero attached hydrogens (tertiary/aromatic N) is 2. The summed E-state index contributed by atoms with van der Waals surface area (Å²) in [6, 6.07) is 10.9. The molecule has 0 aliphatic heterocycles. The van der Waals surface area contributed by atoms with E-state index in [1.165, 1.54) is 36.6 Å². The van der Waals surface area contributed by atoms with E-state index in [-0.39, 0.29) is 18.0 Å². The normalized spacial score (nSPS) is 11.6. The van der Waals surface area contributed by atoms with Gasteiger partial charge >= 0.3 is 5.97 Å². The van der Waals surface area contributed by atoms with Crippen LogP contribution < -0.4 is 9.54 Å². The molecule has 0 saturated carbocycles. The minimum Gasteiger partial charge on any atom is -0.494 e. The van der Waals surface area contributed by atoms with Crippen molar-refractivity contribution in [3.63, 3.8) is 0 Å². The van der Waals surface area contributed by atoms with Gasteiger partial charge in [0.15, 0.2) is 4.80 Å². The number of fused-ring (bicyclic) bond motifs is 1. The zero-order valence-electron chi connectivity index (χ0n) is 15.5. The third-order valence-electron chi connectivity index (χ3n) is 4.00. The second-order valence-corrected chi connectivity index (χ2v) is 6.86. The van der Waals surface area contributed by atoms with E-state index in [2.05, 4.69) is 4.99 Å². The standard InChI is InChI=1S/C20H19FN2O4S/c1-3-27-15-7-8-16-17(12-15)28-20(23(16)10-9-18(24)26-2)22-19(25)13-5-4-6-14(21)11-13/h4-8,11-12H,3,9-10H2,1-2H3. The molecule has 0 aliphatic carbocycles. The molecule has 1 aromatic heterocycles. The third-order valence-corrected chi connectivity index (χ3v) is 5.04. The van der Waals surface area contributed by atoms with Crippen molar-refractivity contribution in [3.05, 3.63) is 58.6 Å². The van der Waals surface area contributed by atoms with E-state index in [4.69, 9.17) is 9.47 Å². The van der Waals surface area contributed by atoms with Gasteiger partial charge in [-0.15, -0.1) is 0 Å². The number of hydrogen-bond acceptors (Lipinski definition) is 5. The minimum atomic E-state index is -0.553. The first-order valence-electron chi connectivity index (χ1n) is 8.69. The van der Waals surface area contributed by atoms with Crippen molar-refractivity contribution in [2.45, 2.75) is 19.9 Å². The molecule has 0 bridgehead atoms. The molecule has 6 nitrogen and oxygen atoms in total. The molecule has 0 aliphatic rings. The maximum atomic E-state index is 13.4. The fraction of sp³-hybridized carbons (Fsp3) is 0.250. The maximum Gasteiger partial charge on any atom is 0.307 e. The number of amides is 1. The SMILES string of the molecule is CCOc1ccc2c(c1)sc(=NC(=O)c1cccc(F)c1)n2CCC(=O)OC. The molecule has 0 saturated heterocycles. The number of rotatable bonds is 6. The van der Waals surface area contributed by atoms with Gasteiger partial charge in [0.2, 0.25) is 0 Å². The van der Waals surface area contributed by atoms with Crippen molar-refractivity contribution < 1.29 is 23.5 Å². The highest BCUT2D eigenvalue weighted by Gasteiger charge is 2.12. The summed E-state index contributed by atoms with van der Waals surface area (Å²) in [6.45, 7) is 2.73. The van der Waals surface area contributed by atoms with E-state index in [0.29, 0.717) is 23.7 Å². The number of hydrogen-bond donors (Lipinski definition) is 0. The van der Waals surface area contributed by atoms with Gasteiger partial charge < -0.3 is 14.0 Å². The summed E-state index contributed by atoms with van der Waals surface area (Å²) in [5.74, 6) is -0.709. The number of ether oxygens (including phenoxy) is 2. The van der Waals surface area contributed by atoms with Crippen LogP contribution in [-0.4, -0.2) is 30.2 Å². The Morgan fingerprint density at radius 2 is 2.04 bits per heavy atom. The Kier molecular flexibility index (Phi) is 6.20. The van der Waals surface area contributed by atoms with Crippen LogP contribution in [0.1, 0.15) is 23.7 Å². The minimum absolute atomic E-state index is 0.136. The molecule has 2 aromatic carbocycles. The highest BCUT2D eigenvalue weighted by molar-refractivity contribution is 7.16. The van der Waals surface area contributed by atoms with Crippen LogP contribution in [0.15, 0.2) is 47.5 Å². The molecule has 0 spiro atoms. The van der Waals surface area contributed by atoms with Gasteiger partial charge in [0, 0.05) is 12.1 Å². The molecular formula is C20H19FN2O4S. The molecule has 0 radical (unpaired) electrons. The zero-order valence-corrected chi connectivity index (χ0v) is 16.3. The number of aromatic nitrogens is 1. The van der Waals surface area contributed by atoms with Gasteiger partial charge in [-0.2, -0.15) is 4.99 Å².